The average Bonchev–Trinajstić information content (AvgIpc) is 3.38. The first-order valence-electron chi connectivity index (χ1n) is 13.9. The number of nitrogens with zero attached hydrogens (tertiary/aromatic N) is 8. The lowest BCUT2D eigenvalue weighted by atomic mass is 10.1. The number of nitrogens with one attached hydrogen (secondary N) is 1. The highest BCUT2D eigenvalue weighted by molar-refractivity contribution is 7.20. The first-order valence-corrected chi connectivity index (χ1v) is 15.5. The fourth-order valence-corrected chi connectivity index (χ4v) is 7.04. The minimum absolute atomic E-state index is 0.101. The Morgan fingerprint density at radius 2 is 1.98 bits per heavy atom. The van der Waals surface area contributed by atoms with Crippen molar-refractivity contribution < 1.29 is 9.18 Å². The molecule has 1 amide bonds. The first-order chi connectivity index (χ1) is 19.8. The fourth-order valence-electron chi connectivity index (χ4n) is 5.24. The molecule has 1 aliphatic heterocycles. The highest BCUT2D eigenvalue weighted by Gasteiger charge is 2.30. The van der Waals surface area contributed by atoms with E-state index in [4.69, 9.17) is 15.1 Å². The SMILES string of the molecule is CCc1nc2sc(N3CCCC(N(C)CC(=O)NC4CC4)C3)nn2c1N(C)c1nc(-c2ccc(F)cc2)c(C#N)s1. The highest BCUT2D eigenvalue weighted by Crippen LogP contribution is 2.38. The van der Waals surface area contributed by atoms with E-state index in [0.717, 1.165) is 60.4 Å². The van der Waals surface area contributed by atoms with Crippen LogP contribution >= 0.6 is 22.7 Å². The summed E-state index contributed by atoms with van der Waals surface area (Å²) in [5.41, 5.74) is 2.12. The lowest BCUT2D eigenvalue weighted by Crippen LogP contribution is -2.49. The predicted octanol–water partition coefficient (Wildman–Crippen LogP) is 4.43. The summed E-state index contributed by atoms with van der Waals surface area (Å²) in [5.74, 6) is 0.583. The first kappa shape index (κ1) is 27.6. The summed E-state index contributed by atoms with van der Waals surface area (Å²) < 4.78 is 15.4. The van der Waals surface area contributed by atoms with Crippen LogP contribution in [-0.4, -0.2) is 76.2 Å². The van der Waals surface area contributed by atoms with Crippen LogP contribution in [0.2, 0.25) is 0 Å². The quantitative estimate of drug-likeness (QED) is 0.304. The van der Waals surface area contributed by atoms with Crippen LogP contribution in [0.5, 0.6) is 0 Å². The van der Waals surface area contributed by atoms with Gasteiger partial charge in [-0.3, -0.25) is 9.69 Å². The number of hydrogen-bond donors (Lipinski definition) is 1. The van der Waals surface area contributed by atoms with Crippen LogP contribution < -0.4 is 15.1 Å². The number of piperidine rings is 1. The van der Waals surface area contributed by atoms with Gasteiger partial charge in [-0.25, -0.2) is 14.4 Å². The predicted molar refractivity (Wildman–Crippen MR) is 160 cm³/mol. The summed E-state index contributed by atoms with van der Waals surface area (Å²) in [6.07, 6.45) is 4.96. The van der Waals surface area contributed by atoms with Gasteiger partial charge in [0.1, 0.15) is 22.5 Å². The van der Waals surface area contributed by atoms with Gasteiger partial charge in [-0.05, 0) is 63.4 Å². The van der Waals surface area contributed by atoms with Crippen LogP contribution in [0, 0.1) is 17.1 Å². The van der Waals surface area contributed by atoms with Gasteiger partial charge < -0.3 is 15.1 Å². The van der Waals surface area contributed by atoms with E-state index in [1.54, 1.807) is 23.5 Å². The van der Waals surface area contributed by atoms with Crippen LogP contribution in [0.3, 0.4) is 0 Å². The number of imidazole rings is 1. The van der Waals surface area contributed by atoms with Crippen molar-refractivity contribution in [1.82, 2.24) is 29.8 Å². The molecule has 6 rings (SSSR count). The lowest BCUT2D eigenvalue weighted by Gasteiger charge is -2.37. The number of hydrogen-bond acceptors (Lipinski definition) is 10. The number of halogens is 1. The number of fused-ring (bicyclic) bond motifs is 1. The number of benzene rings is 1. The van der Waals surface area contributed by atoms with Crippen LogP contribution in [0.4, 0.5) is 20.5 Å². The zero-order chi connectivity index (χ0) is 28.7. The van der Waals surface area contributed by atoms with Gasteiger partial charge in [0.25, 0.3) is 0 Å². The number of likely N-dealkylation sites (N-methyl/N-ethyl adjacent to an activating group) is 1. The topological polar surface area (TPSA) is 106 Å². The van der Waals surface area contributed by atoms with E-state index >= 15 is 0 Å². The number of thiazole rings is 1. The summed E-state index contributed by atoms with van der Waals surface area (Å²) in [4.78, 5) is 29.7. The van der Waals surface area contributed by atoms with Crippen LogP contribution in [-0.2, 0) is 11.2 Å². The normalized spacial score (nSPS) is 17.3. The molecular formula is C28H32FN9OS2. The summed E-state index contributed by atoms with van der Waals surface area (Å²) in [7, 11) is 3.94. The van der Waals surface area contributed by atoms with E-state index in [1.807, 2.05) is 23.5 Å². The molecule has 13 heteroatoms. The molecule has 4 heterocycles. The van der Waals surface area contributed by atoms with E-state index in [1.165, 1.54) is 23.5 Å². The zero-order valence-corrected chi connectivity index (χ0v) is 24.9. The van der Waals surface area contributed by atoms with Gasteiger partial charge in [0, 0.05) is 37.8 Å². The number of anilines is 3. The molecule has 1 aromatic carbocycles. The molecule has 3 aromatic heterocycles. The molecule has 10 nitrogen and oxygen atoms in total. The third kappa shape index (κ3) is 5.64. The number of rotatable bonds is 9. The molecule has 4 aromatic rings. The molecule has 0 spiro atoms. The monoisotopic (exact) mass is 593 g/mol. The molecule has 2 fully saturated rings. The van der Waals surface area contributed by atoms with Gasteiger partial charge >= 0.3 is 0 Å². The molecule has 0 radical (unpaired) electrons. The number of aryl methyl sites for hydroxylation is 1. The molecule has 1 unspecified atom stereocenters. The Balaban J connectivity index is 1.25. The minimum Gasteiger partial charge on any atom is -0.352 e. The third-order valence-corrected chi connectivity index (χ3v) is 9.64. The molecule has 1 saturated heterocycles. The van der Waals surface area contributed by atoms with Crippen molar-refractivity contribution in [2.24, 2.45) is 0 Å². The highest BCUT2D eigenvalue weighted by atomic mass is 32.1. The summed E-state index contributed by atoms with van der Waals surface area (Å²) >= 11 is 2.85. The van der Waals surface area contributed by atoms with Crippen molar-refractivity contribution in [2.75, 3.05) is 43.5 Å². The Kier molecular flexibility index (Phi) is 7.63. The molecule has 1 saturated carbocycles. The maximum atomic E-state index is 13.5. The molecule has 1 atom stereocenters. The summed E-state index contributed by atoms with van der Waals surface area (Å²) in [6, 6.07) is 8.90. The maximum Gasteiger partial charge on any atom is 0.234 e. The maximum absolute atomic E-state index is 13.5. The molecule has 1 aliphatic carbocycles. The van der Waals surface area contributed by atoms with Gasteiger partial charge in [0.15, 0.2) is 10.9 Å². The van der Waals surface area contributed by atoms with Crippen LogP contribution in [0.1, 0.15) is 43.2 Å². The van der Waals surface area contributed by atoms with Gasteiger partial charge in [-0.1, -0.05) is 29.6 Å². The molecule has 2 aliphatic rings. The van der Waals surface area contributed by atoms with E-state index in [9.17, 15) is 14.4 Å². The standard InChI is InChI=1S/C28H32FN9OS2/c1-4-21-25(36(3)26-33-24(22(14-30)40-26)17-7-9-18(29)10-8-17)38-27(32-21)41-28(34-38)37-13-5-6-20(15-37)35(2)16-23(39)31-19-11-12-19/h7-10,19-20H,4-6,11-13,15-16H2,1-3H3,(H,31,39). The van der Waals surface area contributed by atoms with Gasteiger partial charge in [-0.15, -0.1) is 5.10 Å². The fraction of sp³-hybridized carbons (Fsp3) is 0.464. The van der Waals surface area contributed by atoms with Crippen LogP contribution in [0.15, 0.2) is 24.3 Å². The number of carbonyl (C=O) groups excluding carboxylic acids is 1. The van der Waals surface area contributed by atoms with Gasteiger partial charge in [0.2, 0.25) is 16.0 Å². The van der Waals surface area contributed by atoms with Crippen molar-refractivity contribution in [1.29, 1.82) is 5.26 Å². The number of nitriles is 1. The molecule has 41 heavy (non-hydrogen) atoms. The lowest BCUT2D eigenvalue weighted by molar-refractivity contribution is -0.122. The van der Waals surface area contributed by atoms with E-state index in [2.05, 4.69) is 28.1 Å². The number of amides is 1. The Labute approximate surface area is 246 Å². The van der Waals surface area contributed by atoms with Gasteiger partial charge in [0.05, 0.1) is 12.2 Å². The number of carbonyl (C=O) groups is 1. The largest absolute Gasteiger partial charge is 0.352 e. The van der Waals surface area contributed by atoms with Crippen molar-refractivity contribution in [3.05, 3.63) is 40.7 Å². The third-order valence-electron chi connectivity index (χ3n) is 7.64. The van der Waals surface area contributed by atoms with E-state index < -0.39 is 0 Å². The molecular weight excluding hydrogens is 562 g/mol. The Morgan fingerprint density at radius 1 is 1.20 bits per heavy atom. The van der Waals surface area contributed by atoms with E-state index in [-0.39, 0.29) is 17.8 Å². The summed E-state index contributed by atoms with van der Waals surface area (Å²) in [6.45, 7) is 4.17. The molecule has 214 valence electrons. The van der Waals surface area contributed by atoms with Gasteiger partial charge in [-0.2, -0.15) is 9.78 Å². The van der Waals surface area contributed by atoms with Crippen molar-refractivity contribution in [2.45, 2.75) is 51.1 Å². The Morgan fingerprint density at radius 3 is 2.68 bits per heavy atom. The number of aromatic nitrogens is 4. The second kappa shape index (κ2) is 11.3. The van der Waals surface area contributed by atoms with Crippen molar-refractivity contribution in [3.63, 3.8) is 0 Å². The summed E-state index contributed by atoms with van der Waals surface area (Å²) in [5, 5.41) is 19.4. The molecule has 0 bridgehead atoms. The van der Waals surface area contributed by atoms with E-state index in [0.29, 0.717) is 40.3 Å². The zero-order valence-electron chi connectivity index (χ0n) is 23.3. The minimum atomic E-state index is -0.334. The Bertz CT molecular complexity index is 1600. The average molecular weight is 594 g/mol. The van der Waals surface area contributed by atoms with Crippen molar-refractivity contribution in [3.8, 4) is 17.3 Å². The van der Waals surface area contributed by atoms with Crippen molar-refractivity contribution >= 4 is 49.6 Å². The smallest absolute Gasteiger partial charge is 0.234 e. The molecule has 1 N–H and O–H groups in total. The Hall–Kier alpha value is -3.60. The second-order valence-corrected chi connectivity index (χ2v) is 12.6. The van der Waals surface area contributed by atoms with Crippen LogP contribution in [0.25, 0.3) is 16.2 Å². The second-order valence-electron chi connectivity index (χ2n) is 10.7.